The highest BCUT2D eigenvalue weighted by atomic mass is 16.3. The second kappa shape index (κ2) is 7.15. The van der Waals surface area contributed by atoms with Gasteiger partial charge in [-0.25, -0.2) is 0 Å². The van der Waals surface area contributed by atoms with E-state index in [-0.39, 0.29) is 0 Å². The number of anilines is 1. The average molecular weight is 272 g/mol. The maximum atomic E-state index is 6.28. The summed E-state index contributed by atoms with van der Waals surface area (Å²) in [6.07, 6.45) is 6.92. The summed E-state index contributed by atoms with van der Waals surface area (Å²) in [5.41, 5.74) is 10.7. The zero-order valence-electron chi connectivity index (χ0n) is 12.4. The lowest BCUT2D eigenvalue weighted by Crippen LogP contribution is -2.14. The van der Waals surface area contributed by atoms with E-state index in [0.717, 1.165) is 37.1 Å². The van der Waals surface area contributed by atoms with E-state index >= 15 is 0 Å². The molecule has 0 spiro atoms. The molecule has 1 aromatic carbocycles. The molecule has 0 bridgehead atoms. The molecule has 0 fully saturated rings. The van der Waals surface area contributed by atoms with E-state index in [4.69, 9.17) is 10.2 Å². The molecule has 0 aliphatic rings. The van der Waals surface area contributed by atoms with Gasteiger partial charge in [0, 0.05) is 11.3 Å². The summed E-state index contributed by atoms with van der Waals surface area (Å²) in [5, 5.41) is 3.24. The van der Waals surface area contributed by atoms with Crippen LogP contribution in [0, 0.1) is 0 Å². The van der Waals surface area contributed by atoms with Crippen LogP contribution >= 0.6 is 0 Å². The summed E-state index contributed by atoms with van der Waals surface area (Å²) >= 11 is 0. The van der Waals surface area contributed by atoms with Gasteiger partial charge in [0.25, 0.3) is 0 Å². The number of hydrogen-bond acceptors (Lipinski definition) is 3. The van der Waals surface area contributed by atoms with E-state index in [1.165, 1.54) is 11.1 Å². The van der Waals surface area contributed by atoms with Crippen LogP contribution in [0.15, 0.2) is 41.2 Å². The molecule has 2 aromatic rings. The van der Waals surface area contributed by atoms with Gasteiger partial charge >= 0.3 is 0 Å². The quantitative estimate of drug-likeness (QED) is 0.748. The number of nitrogens with one attached hydrogen (secondary N) is 1. The maximum absolute atomic E-state index is 6.28. The van der Waals surface area contributed by atoms with Crippen molar-refractivity contribution in [2.45, 2.75) is 32.1 Å². The second-order valence-electron chi connectivity index (χ2n) is 5.20. The van der Waals surface area contributed by atoms with Gasteiger partial charge < -0.3 is 15.5 Å². The van der Waals surface area contributed by atoms with Gasteiger partial charge in [0.1, 0.15) is 0 Å². The van der Waals surface area contributed by atoms with Gasteiger partial charge in [0.2, 0.25) is 0 Å². The molecular formula is C17H24N2O. The van der Waals surface area contributed by atoms with Crippen LogP contribution in [0.1, 0.15) is 37.7 Å². The summed E-state index contributed by atoms with van der Waals surface area (Å²) in [6.45, 7) is 3.23. The molecule has 1 aromatic heterocycles. The highest BCUT2D eigenvalue weighted by Crippen LogP contribution is 2.37. The van der Waals surface area contributed by atoms with E-state index in [1.807, 2.05) is 25.2 Å². The lowest BCUT2D eigenvalue weighted by atomic mass is 9.85. The molecule has 0 radical (unpaired) electrons. The first-order valence-corrected chi connectivity index (χ1v) is 7.33. The predicted octanol–water partition coefficient (Wildman–Crippen LogP) is 4.02. The third-order valence-electron chi connectivity index (χ3n) is 3.76. The molecule has 0 aliphatic carbocycles. The minimum absolute atomic E-state index is 0.485. The predicted molar refractivity (Wildman–Crippen MR) is 84.7 cm³/mol. The number of rotatable bonds is 7. The standard InChI is InChI=1S/C17H24N2O/c1-3-5-13(8-10-19-2)17-15(6-4-7-16(17)18)14-9-11-20-12-14/h4,6-7,9,11-13,19H,3,5,8,10,18H2,1-2H3. The van der Waals surface area contributed by atoms with Gasteiger partial charge in [0.15, 0.2) is 0 Å². The van der Waals surface area contributed by atoms with E-state index in [2.05, 4.69) is 18.3 Å². The zero-order chi connectivity index (χ0) is 14.4. The third kappa shape index (κ3) is 3.23. The highest BCUT2D eigenvalue weighted by Gasteiger charge is 2.18. The molecule has 20 heavy (non-hydrogen) atoms. The summed E-state index contributed by atoms with van der Waals surface area (Å²) in [4.78, 5) is 0. The first kappa shape index (κ1) is 14.7. The van der Waals surface area contributed by atoms with E-state index < -0.39 is 0 Å². The van der Waals surface area contributed by atoms with Crippen LogP contribution in [0.5, 0.6) is 0 Å². The van der Waals surface area contributed by atoms with Crippen LogP contribution < -0.4 is 11.1 Å². The van der Waals surface area contributed by atoms with Gasteiger partial charge in [-0.3, -0.25) is 0 Å². The zero-order valence-corrected chi connectivity index (χ0v) is 12.4. The lowest BCUT2D eigenvalue weighted by Gasteiger charge is -2.21. The van der Waals surface area contributed by atoms with Crippen molar-refractivity contribution in [1.82, 2.24) is 5.32 Å². The van der Waals surface area contributed by atoms with Gasteiger partial charge in [-0.05, 0) is 55.6 Å². The van der Waals surface area contributed by atoms with Crippen LogP contribution in [0.2, 0.25) is 0 Å². The Morgan fingerprint density at radius 2 is 2.10 bits per heavy atom. The number of benzene rings is 1. The molecule has 108 valence electrons. The van der Waals surface area contributed by atoms with Crippen LogP contribution in [0.4, 0.5) is 5.69 Å². The largest absolute Gasteiger partial charge is 0.472 e. The summed E-state index contributed by atoms with van der Waals surface area (Å²) in [6, 6.07) is 8.15. The lowest BCUT2D eigenvalue weighted by molar-refractivity contribution is 0.553. The van der Waals surface area contributed by atoms with Crippen molar-refractivity contribution >= 4 is 5.69 Å². The van der Waals surface area contributed by atoms with Crippen molar-refractivity contribution in [3.63, 3.8) is 0 Å². The Morgan fingerprint density at radius 3 is 2.75 bits per heavy atom. The fraction of sp³-hybridized carbons (Fsp3) is 0.412. The van der Waals surface area contributed by atoms with Gasteiger partial charge in [-0.2, -0.15) is 0 Å². The Labute approximate surface area is 121 Å². The molecule has 1 heterocycles. The fourth-order valence-electron chi connectivity index (χ4n) is 2.81. The molecule has 3 heteroatoms. The minimum atomic E-state index is 0.485. The molecule has 0 amide bonds. The molecule has 0 saturated heterocycles. The fourth-order valence-corrected chi connectivity index (χ4v) is 2.81. The molecule has 2 rings (SSSR count). The van der Waals surface area contributed by atoms with Crippen LogP contribution in [0.25, 0.3) is 11.1 Å². The molecule has 3 nitrogen and oxygen atoms in total. The Balaban J connectivity index is 2.41. The summed E-state index contributed by atoms with van der Waals surface area (Å²) < 4.78 is 5.23. The molecule has 3 N–H and O–H groups in total. The van der Waals surface area contributed by atoms with Gasteiger partial charge in [-0.15, -0.1) is 0 Å². The van der Waals surface area contributed by atoms with Gasteiger partial charge in [0.05, 0.1) is 12.5 Å². The van der Waals surface area contributed by atoms with Crippen molar-refractivity contribution in [1.29, 1.82) is 0 Å². The molecule has 1 unspecified atom stereocenters. The van der Waals surface area contributed by atoms with E-state index in [0.29, 0.717) is 5.92 Å². The first-order chi connectivity index (χ1) is 9.77. The smallest absolute Gasteiger partial charge is 0.0981 e. The van der Waals surface area contributed by atoms with Crippen LogP contribution in [0.3, 0.4) is 0 Å². The Bertz CT molecular complexity index is 520. The Kier molecular flexibility index (Phi) is 5.24. The normalized spacial score (nSPS) is 12.5. The summed E-state index contributed by atoms with van der Waals surface area (Å²) in [7, 11) is 1.99. The van der Waals surface area contributed by atoms with Crippen LogP contribution in [-0.2, 0) is 0 Å². The Morgan fingerprint density at radius 1 is 1.25 bits per heavy atom. The SMILES string of the molecule is CCCC(CCNC)c1c(N)cccc1-c1ccoc1. The Hall–Kier alpha value is -1.74. The monoisotopic (exact) mass is 272 g/mol. The topological polar surface area (TPSA) is 51.2 Å². The molecule has 1 atom stereocenters. The van der Waals surface area contributed by atoms with Crippen molar-refractivity contribution < 1.29 is 4.42 Å². The van der Waals surface area contributed by atoms with Crippen LogP contribution in [-0.4, -0.2) is 13.6 Å². The minimum Gasteiger partial charge on any atom is -0.472 e. The van der Waals surface area contributed by atoms with Gasteiger partial charge in [-0.1, -0.05) is 25.5 Å². The average Bonchev–Trinajstić information content (AvgIpc) is 2.97. The molecule has 0 saturated carbocycles. The third-order valence-corrected chi connectivity index (χ3v) is 3.76. The first-order valence-electron chi connectivity index (χ1n) is 7.33. The van der Waals surface area contributed by atoms with Crippen molar-refractivity contribution in [3.05, 3.63) is 42.4 Å². The molecule has 0 aliphatic heterocycles. The van der Waals surface area contributed by atoms with Crippen molar-refractivity contribution in [2.75, 3.05) is 19.3 Å². The highest BCUT2D eigenvalue weighted by molar-refractivity contribution is 5.73. The van der Waals surface area contributed by atoms with E-state index in [9.17, 15) is 0 Å². The maximum Gasteiger partial charge on any atom is 0.0981 e. The second-order valence-corrected chi connectivity index (χ2v) is 5.20. The van der Waals surface area contributed by atoms with Crippen molar-refractivity contribution in [3.8, 4) is 11.1 Å². The number of nitrogen functional groups attached to an aromatic ring is 1. The molecular weight excluding hydrogens is 248 g/mol. The number of furan rings is 1. The summed E-state index contributed by atoms with van der Waals surface area (Å²) in [5.74, 6) is 0.485. The number of nitrogens with two attached hydrogens (primary N) is 1. The van der Waals surface area contributed by atoms with E-state index in [1.54, 1.807) is 12.5 Å². The number of hydrogen-bond donors (Lipinski definition) is 2. The van der Waals surface area contributed by atoms with Crippen molar-refractivity contribution in [2.24, 2.45) is 0 Å².